The summed E-state index contributed by atoms with van der Waals surface area (Å²) < 4.78 is 18.7. The molecule has 1 saturated carbocycles. The molecule has 4 aromatic rings. The largest absolute Gasteiger partial charge is 0.352 e. The smallest absolute Gasteiger partial charge is 0.337 e. The number of pyridine rings is 1. The molecule has 2 N–H and O–H groups in total. The highest BCUT2D eigenvalue weighted by Crippen LogP contribution is 2.31. The molecule has 1 aliphatic carbocycles. The molecule has 0 spiro atoms. The fourth-order valence-corrected chi connectivity index (χ4v) is 4.81. The summed E-state index contributed by atoms with van der Waals surface area (Å²) in [6.45, 7) is 3.29. The van der Waals surface area contributed by atoms with Gasteiger partial charge < -0.3 is 10.6 Å². The van der Waals surface area contributed by atoms with Crippen molar-refractivity contribution in [3.63, 3.8) is 0 Å². The van der Waals surface area contributed by atoms with Gasteiger partial charge in [0, 0.05) is 31.8 Å². The van der Waals surface area contributed by atoms with Crippen molar-refractivity contribution in [1.29, 1.82) is 0 Å². The normalized spacial score (nSPS) is 13.4. The van der Waals surface area contributed by atoms with Gasteiger partial charge in [0.05, 0.1) is 17.1 Å². The molecule has 0 atom stereocenters. The summed E-state index contributed by atoms with van der Waals surface area (Å²) in [7, 11) is 1.48. The van der Waals surface area contributed by atoms with E-state index in [2.05, 4.69) is 10.6 Å². The van der Waals surface area contributed by atoms with Crippen molar-refractivity contribution in [3.05, 3.63) is 91.1 Å². The zero-order valence-corrected chi connectivity index (χ0v) is 21.4. The van der Waals surface area contributed by atoms with Gasteiger partial charge in [-0.2, -0.15) is 0 Å². The fourth-order valence-electron chi connectivity index (χ4n) is 4.81. The molecule has 38 heavy (non-hydrogen) atoms. The average Bonchev–Trinajstić information content (AvgIpc) is 2.84. The zero-order valence-electron chi connectivity index (χ0n) is 21.4. The average molecular weight is 518 g/mol. The summed E-state index contributed by atoms with van der Waals surface area (Å²) in [4.78, 5) is 52.5. The molecule has 0 saturated heterocycles. The Morgan fingerprint density at radius 2 is 1.82 bits per heavy atom. The maximum absolute atomic E-state index is 14.9. The summed E-state index contributed by atoms with van der Waals surface area (Å²) in [5, 5.41) is 5.72. The maximum atomic E-state index is 14.9. The van der Waals surface area contributed by atoms with Crippen molar-refractivity contribution in [2.45, 2.75) is 45.6 Å². The van der Waals surface area contributed by atoms with Gasteiger partial charge in [-0.05, 0) is 61.6 Å². The van der Waals surface area contributed by atoms with E-state index in [1.807, 2.05) is 6.92 Å². The molecular weight excluding hydrogens is 489 g/mol. The minimum Gasteiger partial charge on any atom is -0.352 e. The van der Waals surface area contributed by atoms with E-state index in [4.69, 9.17) is 0 Å². The van der Waals surface area contributed by atoms with Crippen LogP contribution in [-0.4, -0.2) is 19.6 Å². The van der Waals surface area contributed by atoms with Crippen molar-refractivity contribution in [2.24, 2.45) is 7.05 Å². The standard InChI is InChI=1S/C28H28FN5O4/c1-4-17-11-12-22(21(29)13-17)31-23-15-24(36)32(3)26-25(23)27(37)34(19-8-6-9-19)28(38)33(26)20-10-5-7-18(14-20)30-16(2)35/h5,7,10-15,19,31H,4,6,8-9H2,1-3H3,(H,30,35). The summed E-state index contributed by atoms with van der Waals surface area (Å²) in [5.41, 5.74) is 0.285. The predicted octanol–water partition coefficient (Wildman–Crippen LogP) is 3.98. The number of aryl methyl sites for hydroxylation is 2. The van der Waals surface area contributed by atoms with Crippen LogP contribution < -0.4 is 27.4 Å². The molecule has 0 bridgehead atoms. The van der Waals surface area contributed by atoms with Gasteiger partial charge in [0.1, 0.15) is 16.9 Å². The highest BCUT2D eigenvalue weighted by Gasteiger charge is 2.28. The molecule has 0 aliphatic heterocycles. The van der Waals surface area contributed by atoms with Crippen LogP contribution in [0.1, 0.15) is 44.7 Å². The van der Waals surface area contributed by atoms with Crippen LogP contribution in [0.25, 0.3) is 16.7 Å². The lowest BCUT2D eigenvalue weighted by Crippen LogP contribution is -2.45. The van der Waals surface area contributed by atoms with E-state index in [0.717, 1.165) is 12.0 Å². The molecule has 1 fully saturated rings. The highest BCUT2D eigenvalue weighted by molar-refractivity contribution is 5.92. The van der Waals surface area contributed by atoms with Crippen LogP contribution in [0.5, 0.6) is 0 Å². The van der Waals surface area contributed by atoms with Gasteiger partial charge in [-0.15, -0.1) is 0 Å². The van der Waals surface area contributed by atoms with Gasteiger partial charge in [0.15, 0.2) is 0 Å². The molecule has 2 aromatic heterocycles. The summed E-state index contributed by atoms with van der Waals surface area (Å²) in [6.07, 6.45) is 2.89. The molecule has 9 nitrogen and oxygen atoms in total. The van der Waals surface area contributed by atoms with Crippen LogP contribution in [0.2, 0.25) is 0 Å². The Kier molecular flexibility index (Phi) is 6.48. The number of anilines is 3. The molecule has 2 heterocycles. The lowest BCUT2D eigenvalue weighted by Gasteiger charge is -2.28. The predicted molar refractivity (Wildman–Crippen MR) is 145 cm³/mol. The Hall–Kier alpha value is -4.47. The van der Waals surface area contributed by atoms with Gasteiger partial charge in [-0.25, -0.2) is 13.8 Å². The van der Waals surface area contributed by atoms with Crippen molar-refractivity contribution >= 4 is 34.0 Å². The van der Waals surface area contributed by atoms with Gasteiger partial charge in [0.25, 0.3) is 11.1 Å². The van der Waals surface area contributed by atoms with Gasteiger partial charge in [0.2, 0.25) is 5.91 Å². The van der Waals surface area contributed by atoms with Crippen LogP contribution >= 0.6 is 0 Å². The first-order valence-corrected chi connectivity index (χ1v) is 12.5. The third-order valence-corrected chi connectivity index (χ3v) is 7.03. The summed E-state index contributed by atoms with van der Waals surface area (Å²) >= 11 is 0. The van der Waals surface area contributed by atoms with Crippen molar-refractivity contribution in [2.75, 3.05) is 10.6 Å². The number of nitrogens with one attached hydrogen (secondary N) is 2. The first kappa shape index (κ1) is 25.2. The highest BCUT2D eigenvalue weighted by atomic mass is 19.1. The third kappa shape index (κ3) is 4.31. The van der Waals surface area contributed by atoms with Crippen molar-refractivity contribution < 1.29 is 9.18 Å². The second kappa shape index (κ2) is 9.77. The zero-order chi connectivity index (χ0) is 27.1. The Bertz CT molecular complexity index is 1760. The first-order valence-electron chi connectivity index (χ1n) is 12.5. The Morgan fingerprint density at radius 1 is 1.05 bits per heavy atom. The Balaban J connectivity index is 1.84. The van der Waals surface area contributed by atoms with Crippen LogP contribution in [0, 0.1) is 5.82 Å². The van der Waals surface area contributed by atoms with E-state index in [9.17, 15) is 23.6 Å². The number of amides is 1. The third-order valence-electron chi connectivity index (χ3n) is 7.03. The van der Waals surface area contributed by atoms with E-state index in [-0.39, 0.29) is 34.4 Å². The van der Waals surface area contributed by atoms with E-state index < -0.39 is 22.6 Å². The number of fused-ring (bicyclic) bond motifs is 1. The summed E-state index contributed by atoms with van der Waals surface area (Å²) in [6, 6.07) is 12.3. The number of aromatic nitrogens is 3. The monoisotopic (exact) mass is 517 g/mol. The minimum atomic E-state index is -0.585. The van der Waals surface area contributed by atoms with Crippen LogP contribution in [0.15, 0.2) is 62.9 Å². The molecule has 0 unspecified atom stereocenters. The van der Waals surface area contributed by atoms with E-state index in [0.29, 0.717) is 30.6 Å². The van der Waals surface area contributed by atoms with Gasteiger partial charge in [-0.3, -0.25) is 23.5 Å². The van der Waals surface area contributed by atoms with Crippen LogP contribution in [0.3, 0.4) is 0 Å². The van der Waals surface area contributed by atoms with E-state index in [1.54, 1.807) is 36.4 Å². The second-order valence-electron chi connectivity index (χ2n) is 9.56. The molecule has 196 valence electrons. The molecule has 0 radical (unpaired) electrons. The second-order valence-corrected chi connectivity index (χ2v) is 9.56. The Labute approximate surface area is 217 Å². The number of rotatable bonds is 6. The number of hydrogen-bond donors (Lipinski definition) is 2. The number of benzene rings is 2. The first-order chi connectivity index (χ1) is 18.2. The number of nitrogens with zero attached hydrogens (tertiary/aromatic N) is 3. The fraction of sp³-hybridized carbons (Fsp3) is 0.286. The topological polar surface area (TPSA) is 107 Å². The van der Waals surface area contributed by atoms with Crippen molar-refractivity contribution in [1.82, 2.24) is 13.7 Å². The molecule has 1 amide bonds. The van der Waals surface area contributed by atoms with Gasteiger partial charge >= 0.3 is 5.69 Å². The van der Waals surface area contributed by atoms with Crippen LogP contribution in [0.4, 0.5) is 21.5 Å². The van der Waals surface area contributed by atoms with E-state index in [1.165, 1.54) is 39.8 Å². The molecule has 2 aromatic carbocycles. The van der Waals surface area contributed by atoms with Gasteiger partial charge in [-0.1, -0.05) is 19.1 Å². The molecule has 1 aliphatic rings. The Morgan fingerprint density at radius 3 is 2.45 bits per heavy atom. The lowest BCUT2D eigenvalue weighted by molar-refractivity contribution is -0.114. The van der Waals surface area contributed by atoms with Crippen LogP contribution in [-0.2, 0) is 18.3 Å². The summed E-state index contributed by atoms with van der Waals surface area (Å²) in [5.74, 6) is -0.803. The number of carbonyl (C=O) groups excluding carboxylic acids is 1. The van der Waals surface area contributed by atoms with Crippen molar-refractivity contribution in [3.8, 4) is 5.69 Å². The lowest BCUT2D eigenvalue weighted by atomic mass is 9.93. The SMILES string of the molecule is CCc1ccc(Nc2cc(=O)n(C)c3c2c(=O)n(C2CCC2)c(=O)n3-c2cccc(NC(C)=O)c2)c(F)c1. The minimum absolute atomic E-state index is 0.0659. The molecule has 10 heteroatoms. The number of halogens is 1. The number of hydrogen-bond acceptors (Lipinski definition) is 5. The molecular formula is C28H28FN5O4. The quantitative estimate of drug-likeness (QED) is 0.402. The maximum Gasteiger partial charge on any atom is 0.337 e. The molecule has 5 rings (SSSR count). The number of carbonyl (C=O) groups is 1. The van der Waals surface area contributed by atoms with E-state index >= 15 is 0 Å².